The third-order valence-electron chi connectivity index (χ3n) is 3.48. The van der Waals surface area contributed by atoms with Crippen LogP contribution in [0.4, 0.5) is 0 Å². The summed E-state index contributed by atoms with van der Waals surface area (Å²) in [7, 11) is 0. The van der Waals surface area contributed by atoms with Crippen LogP contribution in [0.2, 0.25) is 0 Å². The largest absolute Gasteiger partial charge is 0.0563 e. The summed E-state index contributed by atoms with van der Waals surface area (Å²) in [5, 5.41) is 0. The Kier molecular flexibility index (Phi) is 3.06. The van der Waals surface area contributed by atoms with Crippen molar-refractivity contribution < 1.29 is 0 Å². The molecule has 0 spiro atoms. The van der Waals surface area contributed by atoms with Gasteiger partial charge in [-0.25, -0.2) is 0 Å². The lowest BCUT2D eigenvalue weighted by molar-refractivity contribution is 1.26. The number of hydrogen-bond donors (Lipinski definition) is 0. The van der Waals surface area contributed by atoms with Gasteiger partial charge in [-0.3, -0.25) is 0 Å². The first-order valence-electron chi connectivity index (χ1n) is 6.14. The molecule has 0 aromatic heterocycles. The van der Waals surface area contributed by atoms with Crippen LogP contribution in [0.3, 0.4) is 0 Å². The van der Waals surface area contributed by atoms with E-state index in [9.17, 15) is 0 Å². The van der Waals surface area contributed by atoms with Gasteiger partial charge in [0.15, 0.2) is 0 Å². The van der Waals surface area contributed by atoms with E-state index in [0.29, 0.717) is 0 Å². The summed E-state index contributed by atoms with van der Waals surface area (Å²) in [6.45, 7) is 10.9. The maximum Gasteiger partial charge on any atom is -0.0178 e. The summed E-state index contributed by atoms with van der Waals surface area (Å²) < 4.78 is 0. The summed E-state index contributed by atoms with van der Waals surface area (Å²) in [6.07, 6.45) is 0. The molecule has 0 saturated heterocycles. The normalized spacial score (nSPS) is 10.6. The maximum absolute atomic E-state index is 2.29. The first-order valence-corrected chi connectivity index (χ1v) is 6.14. The zero-order valence-electron chi connectivity index (χ0n) is 11.4. The molecule has 0 aliphatic rings. The van der Waals surface area contributed by atoms with Crippen molar-refractivity contribution in [2.45, 2.75) is 34.6 Å². The van der Waals surface area contributed by atoms with E-state index in [0.717, 1.165) is 0 Å². The average molecular weight is 224 g/mol. The van der Waals surface area contributed by atoms with E-state index < -0.39 is 0 Å². The van der Waals surface area contributed by atoms with Crippen LogP contribution in [0, 0.1) is 34.6 Å². The summed E-state index contributed by atoms with van der Waals surface area (Å²) >= 11 is 0. The Labute approximate surface area is 104 Å². The third kappa shape index (κ3) is 2.41. The summed E-state index contributed by atoms with van der Waals surface area (Å²) in [4.78, 5) is 0. The zero-order chi connectivity index (χ0) is 12.6. The van der Waals surface area contributed by atoms with Gasteiger partial charge in [-0.15, -0.1) is 0 Å². The molecule has 0 nitrogen and oxygen atoms in total. The SMILES string of the molecule is Cc1cc(C)cc(-c2cc(C)c(C)c(C)c2)c1. The van der Waals surface area contributed by atoms with Crippen LogP contribution >= 0.6 is 0 Å². The number of rotatable bonds is 1. The van der Waals surface area contributed by atoms with E-state index in [-0.39, 0.29) is 0 Å². The molecule has 0 heterocycles. The number of benzene rings is 2. The van der Waals surface area contributed by atoms with Crippen LogP contribution in [0.25, 0.3) is 11.1 Å². The molecule has 88 valence electrons. The Bertz CT molecular complexity index is 519. The minimum absolute atomic E-state index is 1.33. The Morgan fingerprint density at radius 2 is 0.941 bits per heavy atom. The fourth-order valence-electron chi connectivity index (χ4n) is 2.34. The van der Waals surface area contributed by atoms with Crippen molar-refractivity contribution in [3.63, 3.8) is 0 Å². The van der Waals surface area contributed by atoms with Crippen molar-refractivity contribution >= 4 is 0 Å². The van der Waals surface area contributed by atoms with Crippen LogP contribution in [-0.2, 0) is 0 Å². The molecule has 17 heavy (non-hydrogen) atoms. The van der Waals surface area contributed by atoms with Gasteiger partial charge in [0.1, 0.15) is 0 Å². The topological polar surface area (TPSA) is 0 Å². The Balaban J connectivity index is 2.60. The number of aryl methyl sites for hydroxylation is 4. The van der Waals surface area contributed by atoms with E-state index in [2.05, 4.69) is 65.0 Å². The van der Waals surface area contributed by atoms with Crippen LogP contribution < -0.4 is 0 Å². The Morgan fingerprint density at radius 3 is 1.41 bits per heavy atom. The monoisotopic (exact) mass is 224 g/mol. The molecule has 0 N–H and O–H groups in total. The predicted octanol–water partition coefficient (Wildman–Crippen LogP) is 4.90. The lowest BCUT2D eigenvalue weighted by atomic mass is 9.95. The van der Waals surface area contributed by atoms with E-state index in [1.165, 1.54) is 38.9 Å². The van der Waals surface area contributed by atoms with Crippen molar-refractivity contribution in [3.05, 3.63) is 58.1 Å². The van der Waals surface area contributed by atoms with Gasteiger partial charge in [0.05, 0.1) is 0 Å². The molecular weight excluding hydrogens is 204 g/mol. The van der Waals surface area contributed by atoms with E-state index in [4.69, 9.17) is 0 Å². The van der Waals surface area contributed by atoms with Gasteiger partial charge in [-0.05, 0) is 62.4 Å². The highest BCUT2D eigenvalue weighted by molar-refractivity contribution is 5.67. The van der Waals surface area contributed by atoms with Gasteiger partial charge in [0.25, 0.3) is 0 Å². The fraction of sp³-hybridized carbons (Fsp3) is 0.294. The second-order valence-corrected chi connectivity index (χ2v) is 5.11. The minimum atomic E-state index is 1.33. The van der Waals surface area contributed by atoms with Gasteiger partial charge < -0.3 is 0 Å². The first kappa shape index (κ1) is 11.9. The molecular formula is C17H20. The molecule has 2 rings (SSSR count). The van der Waals surface area contributed by atoms with Crippen molar-refractivity contribution in [1.82, 2.24) is 0 Å². The van der Waals surface area contributed by atoms with Gasteiger partial charge in [0, 0.05) is 0 Å². The molecule has 0 heteroatoms. The molecule has 0 aliphatic heterocycles. The standard InChI is InChI=1S/C17H20/c1-11-6-12(2)8-16(7-11)17-9-13(3)15(5)14(4)10-17/h6-10H,1-5H3. The highest BCUT2D eigenvalue weighted by atomic mass is 14.1. The van der Waals surface area contributed by atoms with Gasteiger partial charge in [-0.1, -0.05) is 41.5 Å². The highest BCUT2D eigenvalue weighted by Gasteiger charge is 2.04. The smallest absolute Gasteiger partial charge is 0.0178 e. The Hall–Kier alpha value is -1.56. The Morgan fingerprint density at radius 1 is 0.529 bits per heavy atom. The number of hydrogen-bond acceptors (Lipinski definition) is 0. The van der Waals surface area contributed by atoms with Crippen molar-refractivity contribution in [2.24, 2.45) is 0 Å². The highest BCUT2D eigenvalue weighted by Crippen LogP contribution is 2.26. The molecule has 0 amide bonds. The third-order valence-corrected chi connectivity index (χ3v) is 3.48. The first-order chi connectivity index (χ1) is 7.97. The molecule has 2 aromatic rings. The molecule has 2 aromatic carbocycles. The quantitative estimate of drug-likeness (QED) is 0.646. The molecule has 0 unspecified atom stereocenters. The van der Waals surface area contributed by atoms with Crippen LogP contribution in [0.5, 0.6) is 0 Å². The molecule has 0 fully saturated rings. The van der Waals surface area contributed by atoms with Crippen molar-refractivity contribution in [1.29, 1.82) is 0 Å². The summed E-state index contributed by atoms with van der Waals surface area (Å²) in [6, 6.07) is 11.3. The average Bonchev–Trinajstić information content (AvgIpc) is 2.23. The molecule has 0 bridgehead atoms. The van der Waals surface area contributed by atoms with Crippen molar-refractivity contribution in [3.8, 4) is 11.1 Å². The fourth-order valence-corrected chi connectivity index (χ4v) is 2.34. The molecule has 0 atom stereocenters. The maximum atomic E-state index is 2.29. The summed E-state index contributed by atoms with van der Waals surface area (Å²) in [5.41, 5.74) is 9.47. The van der Waals surface area contributed by atoms with Crippen LogP contribution in [0.1, 0.15) is 27.8 Å². The minimum Gasteiger partial charge on any atom is -0.0563 e. The second kappa shape index (κ2) is 4.37. The van der Waals surface area contributed by atoms with E-state index in [1.807, 2.05) is 0 Å². The molecule has 0 aliphatic carbocycles. The van der Waals surface area contributed by atoms with Crippen LogP contribution in [-0.4, -0.2) is 0 Å². The second-order valence-electron chi connectivity index (χ2n) is 5.11. The lowest BCUT2D eigenvalue weighted by Gasteiger charge is -2.10. The van der Waals surface area contributed by atoms with Gasteiger partial charge in [0.2, 0.25) is 0 Å². The zero-order valence-corrected chi connectivity index (χ0v) is 11.4. The lowest BCUT2D eigenvalue weighted by Crippen LogP contribution is -1.89. The van der Waals surface area contributed by atoms with Crippen LogP contribution in [0.15, 0.2) is 30.3 Å². The summed E-state index contributed by atoms with van der Waals surface area (Å²) in [5.74, 6) is 0. The predicted molar refractivity (Wildman–Crippen MR) is 75.6 cm³/mol. The van der Waals surface area contributed by atoms with Gasteiger partial charge in [-0.2, -0.15) is 0 Å². The molecule has 0 saturated carbocycles. The molecule has 0 radical (unpaired) electrons. The van der Waals surface area contributed by atoms with Gasteiger partial charge >= 0.3 is 0 Å². The van der Waals surface area contributed by atoms with E-state index >= 15 is 0 Å². The van der Waals surface area contributed by atoms with E-state index in [1.54, 1.807) is 0 Å². The van der Waals surface area contributed by atoms with Crippen molar-refractivity contribution in [2.75, 3.05) is 0 Å².